The first kappa shape index (κ1) is 18.4. The Kier molecular flexibility index (Phi) is 7.67. The zero-order valence-corrected chi connectivity index (χ0v) is 13.6. The molecule has 0 spiro atoms. The van der Waals surface area contributed by atoms with E-state index in [1.807, 2.05) is 6.92 Å². The molecule has 1 aromatic heterocycles. The van der Waals surface area contributed by atoms with Gasteiger partial charge in [-0.2, -0.15) is 0 Å². The molecular weight excluding hydrogens is 322 g/mol. The summed E-state index contributed by atoms with van der Waals surface area (Å²) in [7, 11) is -3.63. The number of nitrogens with one attached hydrogen (secondary N) is 2. The number of alkyl halides is 2. The molecule has 1 heterocycles. The first-order valence-corrected chi connectivity index (χ1v) is 8.82. The van der Waals surface area contributed by atoms with Crippen molar-refractivity contribution in [3.05, 3.63) is 15.8 Å². The SMILES string of the molecule is CCNCc1cc(S(=O)(=O)NCCOCC(F)F)c(C)s1. The van der Waals surface area contributed by atoms with Crippen LogP contribution < -0.4 is 10.0 Å². The maximum absolute atomic E-state index is 12.1. The number of rotatable bonds is 10. The van der Waals surface area contributed by atoms with E-state index in [4.69, 9.17) is 0 Å². The van der Waals surface area contributed by atoms with Crippen molar-refractivity contribution in [2.24, 2.45) is 0 Å². The molecule has 0 aromatic carbocycles. The summed E-state index contributed by atoms with van der Waals surface area (Å²) in [6, 6.07) is 1.63. The van der Waals surface area contributed by atoms with Crippen molar-refractivity contribution in [1.29, 1.82) is 0 Å². The maximum atomic E-state index is 12.1. The van der Waals surface area contributed by atoms with Crippen LogP contribution in [0.5, 0.6) is 0 Å². The lowest BCUT2D eigenvalue weighted by Gasteiger charge is -2.06. The molecule has 0 saturated carbocycles. The van der Waals surface area contributed by atoms with Crippen LogP contribution in [0, 0.1) is 6.92 Å². The van der Waals surface area contributed by atoms with Gasteiger partial charge in [0.1, 0.15) is 6.61 Å². The summed E-state index contributed by atoms with van der Waals surface area (Å²) in [5, 5.41) is 3.13. The van der Waals surface area contributed by atoms with Crippen LogP contribution in [-0.2, 0) is 21.3 Å². The average molecular weight is 342 g/mol. The topological polar surface area (TPSA) is 67.4 Å². The summed E-state index contributed by atoms with van der Waals surface area (Å²) in [4.78, 5) is 1.86. The van der Waals surface area contributed by atoms with Crippen LogP contribution in [0.3, 0.4) is 0 Å². The molecule has 0 aliphatic carbocycles. The van der Waals surface area contributed by atoms with Gasteiger partial charge >= 0.3 is 0 Å². The highest BCUT2D eigenvalue weighted by Crippen LogP contribution is 2.25. The molecule has 0 amide bonds. The summed E-state index contributed by atoms with van der Waals surface area (Å²) < 4.78 is 54.9. The van der Waals surface area contributed by atoms with Gasteiger partial charge in [0.15, 0.2) is 0 Å². The first-order valence-electron chi connectivity index (χ1n) is 6.52. The molecule has 1 rings (SSSR count). The van der Waals surface area contributed by atoms with Crippen LogP contribution in [0.25, 0.3) is 0 Å². The molecule has 2 N–H and O–H groups in total. The largest absolute Gasteiger partial charge is 0.374 e. The van der Waals surface area contributed by atoms with Gasteiger partial charge in [-0.3, -0.25) is 0 Å². The minimum absolute atomic E-state index is 0.0348. The number of sulfonamides is 1. The Morgan fingerprint density at radius 2 is 2.14 bits per heavy atom. The second-order valence-corrected chi connectivity index (χ2v) is 7.35. The maximum Gasteiger partial charge on any atom is 0.261 e. The van der Waals surface area contributed by atoms with Crippen LogP contribution >= 0.6 is 11.3 Å². The van der Waals surface area contributed by atoms with Gasteiger partial charge in [0, 0.05) is 22.8 Å². The standard InChI is InChI=1S/C12H20F2N2O3S2/c1-3-15-7-10-6-11(9(2)20-10)21(17,18)16-4-5-19-8-12(13)14/h6,12,15-16H,3-5,7-8H2,1-2H3. The molecular formula is C12H20F2N2O3S2. The van der Waals surface area contributed by atoms with Crippen molar-refractivity contribution in [1.82, 2.24) is 10.0 Å². The molecule has 9 heteroatoms. The Bertz CT molecular complexity index is 533. The third kappa shape index (κ3) is 6.35. The Morgan fingerprint density at radius 1 is 1.43 bits per heavy atom. The molecule has 0 radical (unpaired) electrons. The summed E-state index contributed by atoms with van der Waals surface area (Å²) in [5.74, 6) is 0. The third-order valence-corrected chi connectivity index (χ3v) is 5.31. The molecule has 21 heavy (non-hydrogen) atoms. The molecule has 0 aliphatic heterocycles. The number of ether oxygens (including phenoxy) is 1. The molecule has 0 fully saturated rings. The monoisotopic (exact) mass is 342 g/mol. The summed E-state index contributed by atoms with van der Waals surface area (Å²) in [6.07, 6.45) is -2.55. The highest BCUT2D eigenvalue weighted by Gasteiger charge is 2.19. The van der Waals surface area contributed by atoms with Crippen LogP contribution in [0.2, 0.25) is 0 Å². The van der Waals surface area contributed by atoms with Gasteiger partial charge in [0.25, 0.3) is 6.43 Å². The molecule has 1 aromatic rings. The lowest BCUT2D eigenvalue weighted by atomic mass is 10.4. The van der Waals surface area contributed by atoms with Crippen LogP contribution in [0.15, 0.2) is 11.0 Å². The van der Waals surface area contributed by atoms with Crippen molar-refractivity contribution in [2.75, 3.05) is 26.3 Å². The van der Waals surface area contributed by atoms with E-state index in [9.17, 15) is 17.2 Å². The van der Waals surface area contributed by atoms with E-state index >= 15 is 0 Å². The highest BCUT2D eigenvalue weighted by molar-refractivity contribution is 7.89. The predicted molar refractivity (Wildman–Crippen MR) is 78.4 cm³/mol. The first-order chi connectivity index (χ1) is 9.86. The van der Waals surface area contributed by atoms with Crippen molar-refractivity contribution >= 4 is 21.4 Å². The fraction of sp³-hybridized carbons (Fsp3) is 0.667. The number of thiophene rings is 1. The van der Waals surface area contributed by atoms with E-state index in [1.54, 1.807) is 13.0 Å². The molecule has 0 atom stereocenters. The van der Waals surface area contributed by atoms with Crippen LogP contribution in [-0.4, -0.2) is 41.1 Å². The minimum Gasteiger partial charge on any atom is -0.374 e. The van der Waals surface area contributed by atoms with E-state index in [1.165, 1.54) is 11.3 Å². The normalized spacial score (nSPS) is 12.2. The van der Waals surface area contributed by atoms with E-state index in [-0.39, 0.29) is 18.0 Å². The van der Waals surface area contributed by atoms with Crippen LogP contribution in [0.1, 0.15) is 16.7 Å². The Balaban J connectivity index is 2.55. The fourth-order valence-electron chi connectivity index (χ4n) is 1.62. The Hall–Kier alpha value is -0.610. The predicted octanol–water partition coefficient (Wildman–Crippen LogP) is 1.73. The third-order valence-electron chi connectivity index (χ3n) is 2.54. The quantitative estimate of drug-likeness (QED) is 0.636. The average Bonchev–Trinajstić information content (AvgIpc) is 2.77. The number of aryl methyl sites for hydroxylation is 1. The Morgan fingerprint density at radius 3 is 2.76 bits per heavy atom. The molecule has 5 nitrogen and oxygen atoms in total. The van der Waals surface area contributed by atoms with Crippen molar-refractivity contribution < 1.29 is 21.9 Å². The van der Waals surface area contributed by atoms with Gasteiger partial charge in [0.2, 0.25) is 10.0 Å². The zero-order chi connectivity index (χ0) is 15.9. The van der Waals surface area contributed by atoms with Gasteiger partial charge in [-0.05, 0) is 19.5 Å². The fourth-order valence-corrected chi connectivity index (χ4v) is 4.24. The van der Waals surface area contributed by atoms with E-state index < -0.39 is 23.1 Å². The summed E-state index contributed by atoms with van der Waals surface area (Å²) in [6.45, 7) is 4.32. The van der Waals surface area contributed by atoms with Crippen molar-refractivity contribution in [3.8, 4) is 0 Å². The molecule has 0 bridgehead atoms. The number of hydrogen-bond acceptors (Lipinski definition) is 5. The molecule has 0 aliphatic rings. The lowest BCUT2D eigenvalue weighted by molar-refractivity contribution is 0.0199. The second-order valence-electron chi connectivity index (χ2n) is 4.28. The number of halogens is 2. The van der Waals surface area contributed by atoms with E-state index in [0.29, 0.717) is 11.4 Å². The van der Waals surface area contributed by atoms with Gasteiger partial charge in [-0.15, -0.1) is 11.3 Å². The van der Waals surface area contributed by atoms with E-state index in [2.05, 4.69) is 14.8 Å². The van der Waals surface area contributed by atoms with Crippen LogP contribution in [0.4, 0.5) is 8.78 Å². The van der Waals surface area contributed by atoms with Crippen molar-refractivity contribution in [2.45, 2.75) is 31.7 Å². The van der Waals surface area contributed by atoms with Gasteiger partial charge in [-0.25, -0.2) is 21.9 Å². The van der Waals surface area contributed by atoms with Gasteiger partial charge < -0.3 is 10.1 Å². The Labute approximate surface area is 127 Å². The molecule has 122 valence electrons. The lowest BCUT2D eigenvalue weighted by Crippen LogP contribution is -2.28. The van der Waals surface area contributed by atoms with Gasteiger partial charge in [0.05, 0.1) is 11.5 Å². The van der Waals surface area contributed by atoms with E-state index in [0.717, 1.165) is 11.4 Å². The zero-order valence-electron chi connectivity index (χ0n) is 12.0. The van der Waals surface area contributed by atoms with Gasteiger partial charge in [-0.1, -0.05) is 6.92 Å². The summed E-state index contributed by atoms with van der Waals surface area (Å²) >= 11 is 1.42. The van der Waals surface area contributed by atoms with Crippen molar-refractivity contribution in [3.63, 3.8) is 0 Å². The smallest absolute Gasteiger partial charge is 0.261 e. The second kappa shape index (κ2) is 8.74. The molecule has 0 unspecified atom stereocenters. The summed E-state index contributed by atoms with van der Waals surface area (Å²) in [5.41, 5.74) is 0. The molecule has 0 saturated heterocycles. The highest BCUT2D eigenvalue weighted by atomic mass is 32.2. The minimum atomic E-state index is -3.63. The number of hydrogen-bond donors (Lipinski definition) is 2.